The summed E-state index contributed by atoms with van der Waals surface area (Å²) in [4.78, 5) is 2.18. The highest BCUT2D eigenvalue weighted by atomic mass is 35.5. The molecule has 94 valence electrons. The number of piperidine rings is 1. The van der Waals surface area contributed by atoms with Crippen molar-refractivity contribution in [3.8, 4) is 0 Å². The van der Waals surface area contributed by atoms with Crippen molar-refractivity contribution >= 4 is 17.3 Å². The molecule has 1 aromatic carbocycles. The van der Waals surface area contributed by atoms with Crippen LogP contribution in [-0.4, -0.2) is 23.8 Å². The molecule has 4 heteroatoms. The molecule has 3 N–H and O–H groups in total. The molecule has 0 radical (unpaired) electrons. The molecule has 1 atom stereocenters. The highest BCUT2D eigenvalue weighted by Gasteiger charge is 2.29. The SMILES string of the molecule is CC1(O)CCCN(c2cc(Cl)ccc2CN)C1. The van der Waals surface area contributed by atoms with Gasteiger partial charge in [0.2, 0.25) is 0 Å². The standard InChI is InChI=1S/C13H19ClN2O/c1-13(17)5-2-6-16(9-13)12-7-11(14)4-3-10(12)8-15/h3-4,7,17H,2,5-6,8-9,15H2,1H3. The van der Waals surface area contributed by atoms with E-state index >= 15 is 0 Å². The highest BCUT2D eigenvalue weighted by Crippen LogP contribution is 2.30. The Labute approximate surface area is 107 Å². The Balaban J connectivity index is 2.29. The molecule has 1 aliphatic heterocycles. The number of aliphatic hydroxyl groups is 1. The molecular formula is C13H19ClN2O. The summed E-state index contributed by atoms with van der Waals surface area (Å²) in [6.07, 6.45) is 1.84. The Morgan fingerprint density at radius 2 is 2.29 bits per heavy atom. The molecule has 0 aliphatic carbocycles. The van der Waals surface area contributed by atoms with Crippen LogP contribution in [-0.2, 0) is 6.54 Å². The van der Waals surface area contributed by atoms with Crippen LogP contribution in [0.25, 0.3) is 0 Å². The van der Waals surface area contributed by atoms with Crippen LogP contribution >= 0.6 is 11.6 Å². The highest BCUT2D eigenvalue weighted by molar-refractivity contribution is 6.30. The quantitative estimate of drug-likeness (QED) is 0.850. The number of rotatable bonds is 2. The molecule has 0 spiro atoms. The van der Waals surface area contributed by atoms with Crippen molar-refractivity contribution in [2.75, 3.05) is 18.0 Å². The number of hydrogen-bond donors (Lipinski definition) is 2. The molecule has 0 amide bonds. The maximum Gasteiger partial charge on any atom is 0.0794 e. The Bertz CT molecular complexity index is 406. The lowest BCUT2D eigenvalue weighted by Crippen LogP contribution is -2.46. The largest absolute Gasteiger partial charge is 0.388 e. The van der Waals surface area contributed by atoms with Crippen molar-refractivity contribution in [3.63, 3.8) is 0 Å². The van der Waals surface area contributed by atoms with Gasteiger partial charge in [-0.2, -0.15) is 0 Å². The molecule has 1 aliphatic rings. The fourth-order valence-electron chi connectivity index (χ4n) is 2.43. The van der Waals surface area contributed by atoms with Gasteiger partial charge in [0.1, 0.15) is 0 Å². The summed E-state index contributed by atoms with van der Waals surface area (Å²) in [6.45, 7) is 3.96. The first kappa shape index (κ1) is 12.7. The zero-order valence-electron chi connectivity index (χ0n) is 10.1. The van der Waals surface area contributed by atoms with Crippen LogP contribution in [0.1, 0.15) is 25.3 Å². The average Bonchev–Trinajstić information content (AvgIpc) is 2.27. The third kappa shape index (κ3) is 2.92. The van der Waals surface area contributed by atoms with E-state index in [0.29, 0.717) is 18.1 Å². The van der Waals surface area contributed by atoms with Crippen molar-refractivity contribution in [2.24, 2.45) is 5.73 Å². The van der Waals surface area contributed by atoms with E-state index in [4.69, 9.17) is 17.3 Å². The summed E-state index contributed by atoms with van der Waals surface area (Å²) in [5.74, 6) is 0. The van der Waals surface area contributed by atoms with Crippen molar-refractivity contribution in [2.45, 2.75) is 31.9 Å². The molecule has 0 bridgehead atoms. The number of anilines is 1. The fourth-order valence-corrected chi connectivity index (χ4v) is 2.60. The predicted octanol–water partition coefficient (Wildman–Crippen LogP) is 2.15. The molecule has 0 saturated carbocycles. The number of β-amino-alcohol motifs (C(OH)–C–C–N with tert-alkyl or cyclic N) is 1. The van der Waals surface area contributed by atoms with E-state index in [2.05, 4.69) is 4.90 Å². The lowest BCUT2D eigenvalue weighted by atomic mass is 9.94. The molecule has 1 saturated heterocycles. The summed E-state index contributed by atoms with van der Waals surface area (Å²) in [7, 11) is 0. The van der Waals surface area contributed by atoms with Gasteiger partial charge in [0.15, 0.2) is 0 Å². The number of nitrogens with two attached hydrogens (primary N) is 1. The second-order valence-corrected chi connectivity index (χ2v) is 5.44. The fraction of sp³-hybridized carbons (Fsp3) is 0.538. The first-order valence-corrected chi connectivity index (χ1v) is 6.35. The van der Waals surface area contributed by atoms with Crippen LogP contribution in [0.3, 0.4) is 0 Å². The lowest BCUT2D eigenvalue weighted by molar-refractivity contribution is 0.0449. The van der Waals surface area contributed by atoms with Gasteiger partial charge >= 0.3 is 0 Å². The normalized spacial score (nSPS) is 25.1. The van der Waals surface area contributed by atoms with E-state index in [0.717, 1.165) is 30.6 Å². The Kier molecular flexibility index (Phi) is 3.61. The monoisotopic (exact) mass is 254 g/mol. The molecule has 3 nitrogen and oxygen atoms in total. The van der Waals surface area contributed by atoms with Gasteiger partial charge in [0.25, 0.3) is 0 Å². The molecule has 1 aromatic rings. The second kappa shape index (κ2) is 4.84. The second-order valence-electron chi connectivity index (χ2n) is 5.00. The molecule has 0 aromatic heterocycles. The summed E-state index contributed by atoms with van der Waals surface area (Å²) >= 11 is 6.03. The molecule has 17 heavy (non-hydrogen) atoms. The van der Waals surface area contributed by atoms with E-state index < -0.39 is 5.60 Å². The zero-order valence-corrected chi connectivity index (χ0v) is 10.9. The van der Waals surface area contributed by atoms with E-state index in [1.54, 1.807) is 0 Å². The molecule has 1 heterocycles. The Hall–Kier alpha value is -0.770. The maximum absolute atomic E-state index is 10.1. The number of hydrogen-bond acceptors (Lipinski definition) is 3. The lowest BCUT2D eigenvalue weighted by Gasteiger charge is -2.39. The van der Waals surface area contributed by atoms with Crippen LogP contribution < -0.4 is 10.6 Å². The molecule has 1 unspecified atom stereocenters. The number of benzene rings is 1. The van der Waals surface area contributed by atoms with E-state index in [9.17, 15) is 5.11 Å². The van der Waals surface area contributed by atoms with Crippen molar-refractivity contribution < 1.29 is 5.11 Å². The Morgan fingerprint density at radius 1 is 1.53 bits per heavy atom. The molecule has 2 rings (SSSR count). The number of nitrogens with zero attached hydrogens (tertiary/aromatic N) is 1. The molecular weight excluding hydrogens is 236 g/mol. The van der Waals surface area contributed by atoms with Crippen molar-refractivity contribution in [1.29, 1.82) is 0 Å². The molecule has 1 fully saturated rings. The Morgan fingerprint density at radius 3 is 2.94 bits per heavy atom. The van der Waals surface area contributed by atoms with Gasteiger partial charge in [0, 0.05) is 30.3 Å². The minimum absolute atomic E-state index is 0.491. The van der Waals surface area contributed by atoms with Crippen LogP contribution in [0, 0.1) is 0 Å². The summed E-state index contributed by atoms with van der Waals surface area (Å²) in [5.41, 5.74) is 7.26. The summed E-state index contributed by atoms with van der Waals surface area (Å²) in [6, 6.07) is 5.75. The van der Waals surface area contributed by atoms with Crippen LogP contribution in [0.5, 0.6) is 0 Å². The van der Waals surface area contributed by atoms with Gasteiger partial charge in [-0.25, -0.2) is 0 Å². The third-order valence-corrected chi connectivity index (χ3v) is 3.52. The first-order valence-electron chi connectivity index (χ1n) is 5.98. The summed E-state index contributed by atoms with van der Waals surface area (Å²) < 4.78 is 0. The van der Waals surface area contributed by atoms with Gasteiger partial charge < -0.3 is 15.7 Å². The first-order chi connectivity index (χ1) is 8.02. The van der Waals surface area contributed by atoms with Crippen LogP contribution in [0.4, 0.5) is 5.69 Å². The third-order valence-electron chi connectivity index (χ3n) is 3.28. The minimum Gasteiger partial charge on any atom is -0.388 e. The van der Waals surface area contributed by atoms with E-state index in [1.165, 1.54) is 0 Å². The van der Waals surface area contributed by atoms with E-state index in [1.807, 2.05) is 25.1 Å². The van der Waals surface area contributed by atoms with Gasteiger partial charge in [0.05, 0.1) is 5.60 Å². The average molecular weight is 255 g/mol. The van der Waals surface area contributed by atoms with Crippen LogP contribution in [0.2, 0.25) is 5.02 Å². The summed E-state index contributed by atoms with van der Waals surface area (Å²) in [5, 5.41) is 10.8. The van der Waals surface area contributed by atoms with Crippen LogP contribution in [0.15, 0.2) is 18.2 Å². The predicted molar refractivity (Wildman–Crippen MR) is 71.4 cm³/mol. The maximum atomic E-state index is 10.1. The van der Waals surface area contributed by atoms with Gasteiger partial charge in [-0.05, 0) is 37.5 Å². The van der Waals surface area contributed by atoms with Gasteiger partial charge in [-0.15, -0.1) is 0 Å². The van der Waals surface area contributed by atoms with E-state index in [-0.39, 0.29) is 0 Å². The zero-order chi connectivity index (χ0) is 12.5. The van der Waals surface area contributed by atoms with Crippen molar-refractivity contribution in [1.82, 2.24) is 0 Å². The topological polar surface area (TPSA) is 49.5 Å². The van der Waals surface area contributed by atoms with Gasteiger partial charge in [-0.3, -0.25) is 0 Å². The number of halogens is 1. The van der Waals surface area contributed by atoms with Crippen molar-refractivity contribution in [3.05, 3.63) is 28.8 Å². The van der Waals surface area contributed by atoms with Gasteiger partial charge in [-0.1, -0.05) is 17.7 Å². The smallest absolute Gasteiger partial charge is 0.0794 e. The minimum atomic E-state index is -0.619.